The molecule has 0 saturated carbocycles. The first-order valence-electron chi connectivity index (χ1n) is 7.85. The van der Waals surface area contributed by atoms with Gasteiger partial charge in [0, 0.05) is 13.6 Å². The van der Waals surface area contributed by atoms with Crippen molar-refractivity contribution >= 4 is 5.96 Å². The Morgan fingerprint density at radius 1 is 1.19 bits per heavy atom. The Bertz CT molecular complexity index is 414. The molecule has 2 N–H and O–H groups in total. The lowest BCUT2D eigenvalue weighted by Crippen LogP contribution is -2.37. The summed E-state index contributed by atoms with van der Waals surface area (Å²) in [5, 5.41) is 10.2. The number of aromatic nitrogens is 2. The minimum Gasteiger partial charge on any atom is -0.356 e. The van der Waals surface area contributed by atoms with Crippen LogP contribution in [0.2, 0.25) is 0 Å². The number of aryl methyl sites for hydroxylation is 1. The fourth-order valence-corrected chi connectivity index (χ4v) is 2.03. The molecule has 0 radical (unpaired) electrons. The lowest BCUT2D eigenvalue weighted by Gasteiger charge is -2.10. The van der Waals surface area contributed by atoms with Gasteiger partial charge in [0.15, 0.2) is 11.8 Å². The number of hydrogen-bond acceptors (Lipinski definition) is 4. The van der Waals surface area contributed by atoms with Gasteiger partial charge in [-0.05, 0) is 19.3 Å². The summed E-state index contributed by atoms with van der Waals surface area (Å²) < 4.78 is 5.04. The van der Waals surface area contributed by atoms with E-state index in [4.69, 9.17) is 4.52 Å². The molecule has 0 atom stereocenters. The van der Waals surface area contributed by atoms with Gasteiger partial charge in [-0.2, -0.15) is 4.98 Å². The topological polar surface area (TPSA) is 75.3 Å². The Morgan fingerprint density at radius 2 is 1.95 bits per heavy atom. The van der Waals surface area contributed by atoms with Crippen LogP contribution in [0, 0.1) is 12.8 Å². The molecule has 120 valence electrons. The van der Waals surface area contributed by atoms with Gasteiger partial charge in [-0.1, -0.05) is 44.7 Å². The SMILES string of the molecule is CN=C(NCCCCCCC(C)C)NCc1nc(C)no1. The molecular weight excluding hydrogens is 266 g/mol. The van der Waals surface area contributed by atoms with E-state index in [-0.39, 0.29) is 0 Å². The molecule has 0 aliphatic rings. The van der Waals surface area contributed by atoms with E-state index in [0.717, 1.165) is 18.4 Å². The van der Waals surface area contributed by atoms with Gasteiger partial charge in [0.2, 0.25) is 5.89 Å². The van der Waals surface area contributed by atoms with E-state index < -0.39 is 0 Å². The van der Waals surface area contributed by atoms with Crippen molar-refractivity contribution in [2.24, 2.45) is 10.9 Å². The number of unbranched alkanes of at least 4 members (excludes halogenated alkanes) is 3. The average molecular weight is 295 g/mol. The zero-order valence-electron chi connectivity index (χ0n) is 13.8. The van der Waals surface area contributed by atoms with Crippen molar-refractivity contribution in [1.29, 1.82) is 0 Å². The summed E-state index contributed by atoms with van der Waals surface area (Å²) in [6, 6.07) is 0. The molecule has 6 heteroatoms. The highest BCUT2D eigenvalue weighted by atomic mass is 16.5. The third kappa shape index (κ3) is 8.32. The average Bonchev–Trinajstić information content (AvgIpc) is 2.86. The predicted molar refractivity (Wildman–Crippen MR) is 85.2 cm³/mol. The lowest BCUT2D eigenvalue weighted by molar-refractivity contribution is 0.371. The lowest BCUT2D eigenvalue weighted by atomic mass is 10.0. The molecule has 1 aromatic heterocycles. The Morgan fingerprint density at radius 3 is 2.57 bits per heavy atom. The molecule has 0 saturated heterocycles. The predicted octanol–water partition coefficient (Wildman–Crippen LogP) is 2.65. The molecular formula is C15H29N5O. The number of hydrogen-bond donors (Lipinski definition) is 2. The molecule has 0 spiro atoms. The smallest absolute Gasteiger partial charge is 0.246 e. The van der Waals surface area contributed by atoms with Crippen molar-refractivity contribution in [3.8, 4) is 0 Å². The first kappa shape index (κ1) is 17.5. The fraction of sp³-hybridized carbons (Fsp3) is 0.800. The summed E-state index contributed by atoms with van der Waals surface area (Å²) in [6.45, 7) is 7.79. The maximum atomic E-state index is 5.04. The van der Waals surface area contributed by atoms with E-state index >= 15 is 0 Å². The molecule has 0 amide bonds. The second-order valence-corrected chi connectivity index (χ2v) is 5.68. The van der Waals surface area contributed by atoms with Crippen LogP contribution in [-0.2, 0) is 6.54 Å². The van der Waals surface area contributed by atoms with Gasteiger partial charge in [0.25, 0.3) is 0 Å². The zero-order valence-corrected chi connectivity index (χ0v) is 13.8. The molecule has 21 heavy (non-hydrogen) atoms. The number of guanidine groups is 1. The van der Waals surface area contributed by atoms with Crippen molar-refractivity contribution in [2.75, 3.05) is 13.6 Å². The molecule has 1 heterocycles. The Balaban J connectivity index is 2.06. The Labute approximate surface area is 127 Å². The van der Waals surface area contributed by atoms with Crippen LogP contribution in [0.5, 0.6) is 0 Å². The van der Waals surface area contributed by atoms with Crippen LogP contribution in [0.25, 0.3) is 0 Å². The molecule has 1 aromatic rings. The summed E-state index contributed by atoms with van der Waals surface area (Å²) in [7, 11) is 1.76. The van der Waals surface area contributed by atoms with Crippen molar-refractivity contribution in [3.05, 3.63) is 11.7 Å². The highest BCUT2D eigenvalue weighted by molar-refractivity contribution is 5.79. The molecule has 0 bridgehead atoms. The number of rotatable bonds is 9. The second kappa shape index (κ2) is 10.2. The Hall–Kier alpha value is -1.59. The van der Waals surface area contributed by atoms with E-state index in [1.807, 2.05) is 0 Å². The molecule has 0 aliphatic heterocycles. The normalized spacial score (nSPS) is 12.0. The van der Waals surface area contributed by atoms with Crippen LogP contribution in [0.15, 0.2) is 9.52 Å². The summed E-state index contributed by atoms with van der Waals surface area (Å²) in [4.78, 5) is 8.31. The summed E-state index contributed by atoms with van der Waals surface area (Å²) in [5.41, 5.74) is 0. The van der Waals surface area contributed by atoms with Crippen LogP contribution >= 0.6 is 0 Å². The molecule has 1 rings (SSSR count). The third-order valence-electron chi connectivity index (χ3n) is 3.20. The minimum absolute atomic E-state index is 0.495. The summed E-state index contributed by atoms with van der Waals surface area (Å²) in [5.74, 6) is 2.81. The largest absolute Gasteiger partial charge is 0.356 e. The van der Waals surface area contributed by atoms with Crippen LogP contribution in [0.4, 0.5) is 0 Å². The molecule has 0 aliphatic carbocycles. The maximum Gasteiger partial charge on any atom is 0.246 e. The highest BCUT2D eigenvalue weighted by Crippen LogP contribution is 2.08. The van der Waals surface area contributed by atoms with Gasteiger partial charge >= 0.3 is 0 Å². The minimum atomic E-state index is 0.495. The van der Waals surface area contributed by atoms with Crippen LogP contribution in [0.3, 0.4) is 0 Å². The molecule has 0 unspecified atom stereocenters. The number of aliphatic imine (C=N–C) groups is 1. The van der Waals surface area contributed by atoms with Gasteiger partial charge < -0.3 is 15.2 Å². The van der Waals surface area contributed by atoms with Gasteiger partial charge in [0.1, 0.15) is 0 Å². The van der Waals surface area contributed by atoms with E-state index in [1.165, 1.54) is 32.1 Å². The molecule has 6 nitrogen and oxygen atoms in total. The van der Waals surface area contributed by atoms with Gasteiger partial charge in [-0.15, -0.1) is 0 Å². The monoisotopic (exact) mass is 295 g/mol. The van der Waals surface area contributed by atoms with E-state index in [0.29, 0.717) is 18.3 Å². The van der Waals surface area contributed by atoms with Gasteiger partial charge in [-0.3, -0.25) is 4.99 Å². The fourth-order valence-electron chi connectivity index (χ4n) is 2.03. The molecule has 0 aromatic carbocycles. The first-order valence-corrected chi connectivity index (χ1v) is 7.85. The van der Waals surface area contributed by atoms with E-state index in [1.54, 1.807) is 14.0 Å². The summed E-state index contributed by atoms with van der Waals surface area (Å²) >= 11 is 0. The van der Waals surface area contributed by atoms with Gasteiger partial charge in [0.05, 0.1) is 6.54 Å². The maximum absolute atomic E-state index is 5.04. The highest BCUT2D eigenvalue weighted by Gasteiger charge is 2.03. The summed E-state index contributed by atoms with van der Waals surface area (Å²) in [6.07, 6.45) is 6.41. The van der Waals surface area contributed by atoms with Crippen molar-refractivity contribution in [1.82, 2.24) is 20.8 Å². The molecule has 0 fully saturated rings. The Kier molecular flexibility index (Phi) is 8.47. The zero-order chi connectivity index (χ0) is 15.5. The second-order valence-electron chi connectivity index (χ2n) is 5.68. The van der Waals surface area contributed by atoms with Crippen molar-refractivity contribution in [3.63, 3.8) is 0 Å². The standard InChI is InChI=1S/C15H29N5O/c1-12(2)9-7-5-6-8-10-17-15(16-4)18-11-14-19-13(3)20-21-14/h12H,5-11H2,1-4H3,(H2,16,17,18). The van der Waals surface area contributed by atoms with Crippen LogP contribution < -0.4 is 10.6 Å². The van der Waals surface area contributed by atoms with Crippen molar-refractivity contribution in [2.45, 2.75) is 59.4 Å². The van der Waals surface area contributed by atoms with E-state index in [9.17, 15) is 0 Å². The van der Waals surface area contributed by atoms with E-state index in [2.05, 4.69) is 39.6 Å². The first-order chi connectivity index (χ1) is 10.1. The number of nitrogens with one attached hydrogen (secondary N) is 2. The third-order valence-corrected chi connectivity index (χ3v) is 3.20. The van der Waals surface area contributed by atoms with Crippen LogP contribution in [-0.4, -0.2) is 29.7 Å². The van der Waals surface area contributed by atoms with Gasteiger partial charge in [-0.25, -0.2) is 0 Å². The van der Waals surface area contributed by atoms with Crippen molar-refractivity contribution < 1.29 is 4.52 Å². The van der Waals surface area contributed by atoms with Crippen LogP contribution in [0.1, 0.15) is 57.7 Å². The number of nitrogens with zero attached hydrogens (tertiary/aromatic N) is 3. The quantitative estimate of drug-likeness (QED) is 0.416.